The molecule has 0 amide bonds. The van der Waals surface area contributed by atoms with E-state index in [2.05, 4.69) is 19.0 Å². The molecule has 0 heterocycles. The van der Waals surface area contributed by atoms with Crippen LogP contribution in [0.25, 0.3) is 0 Å². The van der Waals surface area contributed by atoms with Crippen LogP contribution in [-0.2, 0) is 10.4 Å². The number of fused-ring (bicyclic) bond motifs is 2. The summed E-state index contributed by atoms with van der Waals surface area (Å²) >= 11 is 0. The van der Waals surface area contributed by atoms with Crippen molar-refractivity contribution in [2.24, 2.45) is 17.8 Å². The number of carbonyl (C=O) groups excluding carboxylic acids is 1. The van der Waals surface area contributed by atoms with Gasteiger partial charge in [0, 0.05) is 12.5 Å². The van der Waals surface area contributed by atoms with Crippen LogP contribution in [-0.4, -0.2) is 36.6 Å². The number of esters is 1. The quantitative estimate of drug-likeness (QED) is 0.562. The number of hydrogen-bond donors (Lipinski definition) is 1. The van der Waals surface area contributed by atoms with E-state index in [9.17, 15) is 9.90 Å². The highest BCUT2D eigenvalue weighted by molar-refractivity contribution is 5.79. The molecule has 2 aliphatic carbocycles. The van der Waals surface area contributed by atoms with E-state index >= 15 is 0 Å². The number of nitrogens with zero attached hydrogens (tertiary/aromatic N) is 1. The Bertz CT molecular complexity index is 881. The van der Waals surface area contributed by atoms with Gasteiger partial charge in [0.25, 0.3) is 0 Å². The van der Waals surface area contributed by atoms with Crippen molar-refractivity contribution < 1.29 is 14.6 Å². The van der Waals surface area contributed by atoms with Crippen LogP contribution in [0.3, 0.4) is 0 Å². The second kappa shape index (κ2) is 8.52. The van der Waals surface area contributed by atoms with Gasteiger partial charge >= 0.3 is 5.97 Å². The molecule has 0 radical (unpaired) electrons. The van der Waals surface area contributed by atoms with Gasteiger partial charge in [-0.25, -0.2) is 0 Å². The minimum absolute atomic E-state index is 0.195. The van der Waals surface area contributed by atoms with Crippen LogP contribution < -0.4 is 4.74 Å². The standard InChI is InChI=1S/C26H33NO3/c1-18(20-8-5-4-6-9-20)25(28)30-23-11-7-10-22(15-23)26(29)16-19-12-13-21(14-19)24(26)17-27(2)3/h4-11,15,18-19,21,24,29H,12-14,16-17H2,1-3H3/t18-,19?,21?,24-,26-/m0/s1. The summed E-state index contributed by atoms with van der Waals surface area (Å²) in [5, 5.41) is 11.9. The number of hydrogen-bond acceptors (Lipinski definition) is 4. The van der Waals surface area contributed by atoms with Crippen LogP contribution >= 0.6 is 0 Å². The predicted molar refractivity (Wildman–Crippen MR) is 118 cm³/mol. The first-order chi connectivity index (χ1) is 14.4. The van der Waals surface area contributed by atoms with E-state index in [0.717, 1.165) is 24.1 Å². The van der Waals surface area contributed by atoms with Crippen molar-refractivity contribution in [3.05, 3.63) is 65.7 Å². The number of benzene rings is 2. The first-order valence-corrected chi connectivity index (χ1v) is 11.1. The molecule has 0 aliphatic heterocycles. The molecule has 2 fully saturated rings. The van der Waals surface area contributed by atoms with E-state index in [1.165, 1.54) is 19.3 Å². The Morgan fingerprint density at radius 2 is 1.93 bits per heavy atom. The second-order valence-corrected chi connectivity index (χ2v) is 9.52. The Morgan fingerprint density at radius 1 is 1.17 bits per heavy atom. The molecule has 5 atom stereocenters. The fourth-order valence-electron chi connectivity index (χ4n) is 5.58. The molecule has 4 rings (SSSR count). The van der Waals surface area contributed by atoms with Crippen molar-refractivity contribution in [1.29, 1.82) is 0 Å². The van der Waals surface area contributed by atoms with Crippen LogP contribution in [0.1, 0.15) is 49.7 Å². The number of rotatable bonds is 6. The Labute approximate surface area is 179 Å². The lowest BCUT2D eigenvalue weighted by atomic mass is 9.66. The first kappa shape index (κ1) is 21.1. The molecule has 160 valence electrons. The van der Waals surface area contributed by atoms with Gasteiger partial charge in [0.15, 0.2) is 0 Å². The Balaban J connectivity index is 1.57. The van der Waals surface area contributed by atoms with Crippen molar-refractivity contribution in [1.82, 2.24) is 4.90 Å². The zero-order chi connectivity index (χ0) is 21.3. The molecular formula is C26H33NO3. The van der Waals surface area contributed by atoms with Gasteiger partial charge in [-0.05, 0) is 75.4 Å². The highest BCUT2D eigenvalue weighted by Gasteiger charge is 2.51. The van der Waals surface area contributed by atoms with E-state index in [0.29, 0.717) is 17.6 Å². The summed E-state index contributed by atoms with van der Waals surface area (Å²) in [5.74, 6) is 1.22. The van der Waals surface area contributed by atoms with E-state index in [-0.39, 0.29) is 17.8 Å². The Kier molecular flexibility index (Phi) is 5.99. The first-order valence-electron chi connectivity index (χ1n) is 11.1. The summed E-state index contributed by atoms with van der Waals surface area (Å²) in [7, 11) is 4.15. The molecule has 2 aliphatic rings. The molecular weight excluding hydrogens is 374 g/mol. The van der Waals surface area contributed by atoms with Gasteiger partial charge in [-0.3, -0.25) is 4.79 Å². The van der Waals surface area contributed by atoms with Crippen LogP contribution in [0.2, 0.25) is 0 Å². The topological polar surface area (TPSA) is 49.8 Å². The zero-order valence-corrected chi connectivity index (χ0v) is 18.3. The number of aliphatic hydroxyl groups is 1. The fourth-order valence-corrected chi connectivity index (χ4v) is 5.58. The van der Waals surface area contributed by atoms with Crippen molar-refractivity contribution in [2.45, 2.75) is 44.1 Å². The third-order valence-electron chi connectivity index (χ3n) is 7.13. The van der Waals surface area contributed by atoms with Crippen molar-refractivity contribution in [2.75, 3.05) is 20.6 Å². The minimum atomic E-state index is -0.873. The minimum Gasteiger partial charge on any atom is -0.426 e. The average molecular weight is 408 g/mol. The normalized spacial score (nSPS) is 29.0. The molecule has 30 heavy (non-hydrogen) atoms. The molecule has 1 N–H and O–H groups in total. The zero-order valence-electron chi connectivity index (χ0n) is 18.3. The molecule has 4 nitrogen and oxygen atoms in total. The van der Waals surface area contributed by atoms with Crippen LogP contribution in [0.5, 0.6) is 5.75 Å². The number of ether oxygens (including phenoxy) is 1. The molecule has 2 saturated carbocycles. The average Bonchev–Trinajstić information content (AvgIpc) is 3.14. The van der Waals surface area contributed by atoms with Gasteiger partial charge < -0.3 is 14.7 Å². The maximum Gasteiger partial charge on any atom is 0.318 e. The van der Waals surface area contributed by atoms with Gasteiger partial charge in [-0.1, -0.05) is 48.9 Å². The monoisotopic (exact) mass is 407 g/mol. The fraction of sp³-hybridized carbons (Fsp3) is 0.500. The highest BCUT2D eigenvalue weighted by Crippen LogP contribution is 2.54. The van der Waals surface area contributed by atoms with E-state index < -0.39 is 5.60 Å². The third-order valence-corrected chi connectivity index (χ3v) is 7.13. The van der Waals surface area contributed by atoms with Gasteiger partial charge in [-0.2, -0.15) is 0 Å². The van der Waals surface area contributed by atoms with Crippen molar-refractivity contribution in [3.8, 4) is 5.75 Å². The van der Waals surface area contributed by atoms with Gasteiger partial charge in [0.2, 0.25) is 0 Å². The van der Waals surface area contributed by atoms with Crippen molar-refractivity contribution in [3.63, 3.8) is 0 Å². The molecule has 4 heteroatoms. The summed E-state index contributed by atoms with van der Waals surface area (Å²) in [5.41, 5.74) is 0.942. The summed E-state index contributed by atoms with van der Waals surface area (Å²) in [6, 6.07) is 17.2. The maximum absolute atomic E-state index is 12.7. The number of carbonyl (C=O) groups is 1. The summed E-state index contributed by atoms with van der Waals surface area (Å²) in [6.07, 6.45) is 4.43. The van der Waals surface area contributed by atoms with Crippen molar-refractivity contribution >= 4 is 5.97 Å². The predicted octanol–water partition coefficient (Wildman–Crippen LogP) is 4.58. The molecule has 0 saturated heterocycles. The highest BCUT2D eigenvalue weighted by atomic mass is 16.5. The molecule has 2 aromatic carbocycles. The molecule has 2 unspecified atom stereocenters. The van der Waals surface area contributed by atoms with Gasteiger partial charge in [0.1, 0.15) is 5.75 Å². The van der Waals surface area contributed by atoms with E-state index in [1.54, 1.807) is 6.07 Å². The SMILES string of the molecule is C[C@H](C(=O)Oc1cccc([C@@]2(O)CC3CCC(C3)[C@@H]2CN(C)C)c1)c1ccccc1. The van der Waals surface area contributed by atoms with Crippen LogP contribution in [0, 0.1) is 17.8 Å². The maximum atomic E-state index is 12.7. The molecule has 2 aromatic rings. The van der Waals surface area contributed by atoms with E-state index in [4.69, 9.17) is 4.74 Å². The second-order valence-electron chi connectivity index (χ2n) is 9.52. The van der Waals surface area contributed by atoms with E-state index in [1.807, 2.05) is 55.5 Å². The lowest BCUT2D eigenvalue weighted by Gasteiger charge is -2.45. The van der Waals surface area contributed by atoms with Gasteiger partial charge in [0.05, 0.1) is 11.5 Å². The smallest absolute Gasteiger partial charge is 0.318 e. The summed E-state index contributed by atoms with van der Waals surface area (Å²) in [6.45, 7) is 2.73. The summed E-state index contributed by atoms with van der Waals surface area (Å²) in [4.78, 5) is 14.9. The summed E-state index contributed by atoms with van der Waals surface area (Å²) < 4.78 is 5.73. The lowest BCUT2D eigenvalue weighted by Crippen LogP contribution is -2.47. The van der Waals surface area contributed by atoms with Crippen LogP contribution in [0.15, 0.2) is 54.6 Å². The third kappa shape index (κ3) is 4.17. The Hall–Kier alpha value is -2.17. The molecule has 0 aromatic heterocycles. The molecule has 0 spiro atoms. The lowest BCUT2D eigenvalue weighted by molar-refractivity contribution is -0.135. The van der Waals surface area contributed by atoms with Crippen LogP contribution in [0.4, 0.5) is 0 Å². The Morgan fingerprint density at radius 3 is 2.67 bits per heavy atom. The molecule has 2 bridgehead atoms. The van der Waals surface area contributed by atoms with Gasteiger partial charge in [-0.15, -0.1) is 0 Å². The largest absolute Gasteiger partial charge is 0.426 e.